The molecule has 12 heteroatoms. The number of rotatable bonds is 7. The van der Waals surface area contributed by atoms with Crippen LogP contribution in [0, 0.1) is 25.5 Å². The van der Waals surface area contributed by atoms with Crippen LogP contribution in [0.5, 0.6) is 5.75 Å². The van der Waals surface area contributed by atoms with Crippen molar-refractivity contribution in [3.8, 4) is 22.8 Å². The molecule has 0 unspecified atom stereocenters. The second-order valence-electron chi connectivity index (χ2n) is 9.12. The number of nitrogens with zero attached hydrogens (tertiary/aromatic N) is 5. The topological polar surface area (TPSA) is 112 Å². The van der Waals surface area contributed by atoms with Crippen molar-refractivity contribution in [3.05, 3.63) is 92.6 Å². The van der Waals surface area contributed by atoms with Gasteiger partial charge in [-0.15, -0.1) is 0 Å². The zero-order chi connectivity index (χ0) is 30.3. The van der Waals surface area contributed by atoms with Gasteiger partial charge in [-0.05, 0) is 45.4 Å². The fourth-order valence-electron chi connectivity index (χ4n) is 3.76. The van der Waals surface area contributed by atoms with Crippen molar-refractivity contribution in [2.75, 3.05) is 7.05 Å². The van der Waals surface area contributed by atoms with Gasteiger partial charge in [0.05, 0.1) is 26.0 Å². The molecule has 4 aromatic rings. The highest BCUT2D eigenvalue weighted by Gasteiger charge is 2.32. The minimum absolute atomic E-state index is 0.270. The van der Waals surface area contributed by atoms with Crippen LogP contribution in [0.15, 0.2) is 47.7 Å². The first-order valence-electron chi connectivity index (χ1n) is 12.6. The normalized spacial score (nSPS) is 12.5. The number of nitrogens with one attached hydrogen (secondary N) is 1. The van der Waals surface area contributed by atoms with E-state index in [1.54, 1.807) is 46.0 Å². The number of pyridine rings is 3. The summed E-state index contributed by atoms with van der Waals surface area (Å²) in [6.07, 6.45) is 3.70. The molecule has 1 N–H and O–H groups in total. The molecule has 0 aliphatic heterocycles. The molecule has 0 fully saturated rings. The average molecular weight is 557 g/mol. The van der Waals surface area contributed by atoms with E-state index < -0.39 is 39.9 Å². The van der Waals surface area contributed by atoms with Crippen LogP contribution in [0.3, 0.4) is 0 Å². The van der Waals surface area contributed by atoms with Gasteiger partial charge in [-0.3, -0.25) is 24.1 Å². The first-order chi connectivity index (χ1) is 19.2. The first kappa shape index (κ1) is 25.1. The van der Waals surface area contributed by atoms with Crippen molar-refractivity contribution in [2.24, 2.45) is 0 Å². The van der Waals surface area contributed by atoms with Crippen molar-refractivity contribution in [3.63, 3.8) is 0 Å². The molecule has 0 aromatic carbocycles. The maximum atomic E-state index is 14.2. The van der Waals surface area contributed by atoms with Crippen LogP contribution < -0.4 is 15.6 Å². The Hall–Kier alpha value is -4.25. The molecule has 0 aliphatic carbocycles. The summed E-state index contributed by atoms with van der Waals surface area (Å²) in [5, 5.41) is 2.12. The van der Waals surface area contributed by atoms with Crippen LogP contribution in [0.1, 0.15) is 39.4 Å². The van der Waals surface area contributed by atoms with Crippen LogP contribution in [-0.4, -0.2) is 37.5 Å². The maximum absolute atomic E-state index is 14.2. The van der Waals surface area contributed by atoms with Gasteiger partial charge >= 0.3 is 0 Å². The number of hydrogen-bond donors (Lipinski definition) is 1. The van der Waals surface area contributed by atoms with Crippen LogP contribution >= 0.6 is 11.6 Å². The fraction of sp³-hybridized carbons (Fsp3) is 0.259. The largest absolute Gasteiger partial charge is 0.485 e. The number of ether oxygens (including phenoxy) is 1. The molecule has 202 valence electrons. The standard InChI is InChI=1S/C27H25ClF2N6O3/c1-14-11-33-19(18-6-7-32-25(35-18)27(3,4)26(38)31-5)10-21(14)36-15(2)8-22(23(28)24(36)37)39-13-20-17(30)9-16(29)12-34-20/h6-12H,13H2,1-5H3,(H,31,38)/i13D2. The summed E-state index contributed by atoms with van der Waals surface area (Å²) >= 11 is 6.33. The highest BCUT2D eigenvalue weighted by Crippen LogP contribution is 2.28. The maximum Gasteiger partial charge on any atom is 0.277 e. The predicted molar refractivity (Wildman–Crippen MR) is 141 cm³/mol. The minimum atomic E-state index is -2.88. The van der Waals surface area contributed by atoms with Crippen LogP contribution in [0.25, 0.3) is 17.1 Å². The van der Waals surface area contributed by atoms with Crippen LogP contribution in [0.4, 0.5) is 8.78 Å². The van der Waals surface area contributed by atoms with E-state index in [9.17, 15) is 18.4 Å². The van der Waals surface area contributed by atoms with Gasteiger partial charge in [-0.25, -0.2) is 18.7 Å². The Balaban J connectivity index is 1.77. The van der Waals surface area contributed by atoms with Crippen molar-refractivity contribution in [1.82, 2.24) is 29.8 Å². The molecule has 9 nitrogen and oxygen atoms in total. The predicted octanol–water partition coefficient (Wildman–Crippen LogP) is 4.24. The minimum Gasteiger partial charge on any atom is -0.485 e. The molecule has 1 amide bonds. The Bertz CT molecular complexity index is 1730. The quantitative estimate of drug-likeness (QED) is 0.362. The van der Waals surface area contributed by atoms with Gasteiger partial charge in [-0.2, -0.15) is 0 Å². The summed E-state index contributed by atoms with van der Waals surface area (Å²) in [7, 11) is 1.52. The third-order valence-corrected chi connectivity index (χ3v) is 6.30. The lowest BCUT2D eigenvalue weighted by molar-refractivity contribution is -0.125. The van der Waals surface area contributed by atoms with E-state index in [0.717, 1.165) is 0 Å². The second kappa shape index (κ2) is 10.9. The van der Waals surface area contributed by atoms with Gasteiger partial charge in [0.2, 0.25) is 5.91 Å². The lowest BCUT2D eigenvalue weighted by atomic mass is 9.91. The summed E-state index contributed by atoms with van der Waals surface area (Å²) in [4.78, 5) is 42.5. The molecule has 0 atom stereocenters. The van der Waals surface area contributed by atoms with E-state index in [-0.39, 0.29) is 17.5 Å². The third-order valence-electron chi connectivity index (χ3n) is 5.95. The SMILES string of the molecule is [2H]C([2H])(Oc1cc(C)n(-c2cc(-c3ccnc(C(C)(C)C(=O)NC)n3)ncc2C)c(=O)c1Cl)c1ncc(F)cc1F. The Morgan fingerprint density at radius 2 is 1.90 bits per heavy atom. The summed E-state index contributed by atoms with van der Waals surface area (Å²) in [5.41, 5.74) is -0.452. The zero-order valence-electron chi connectivity index (χ0n) is 23.6. The lowest BCUT2D eigenvalue weighted by Crippen LogP contribution is -2.39. The lowest BCUT2D eigenvalue weighted by Gasteiger charge is -2.21. The summed E-state index contributed by atoms with van der Waals surface area (Å²) < 4.78 is 50.3. The monoisotopic (exact) mass is 556 g/mol. The van der Waals surface area contributed by atoms with E-state index in [0.29, 0.717) is 40.6 Å². The summed E-state index contributed by atoms with van der Waals surface area (Å²) in [5.74, 6) is -2.60. The molecule has 0 aliphatic rings. The number of aryl methyl sites for hydroxylation is 2. The molecule has 0 spiro atoms. The first-order valence-corrected chi connectivity index (χ1v) is 12.0. The summed E-state index contributed by atoms with van der Waals surface area (Å²) in [6, 6.07) is 5.03. The average Bonchev–Trinajstić information content (AvgIpc) is 2.91. The number of hydrogen-bond acceptors (Lipinski definition) is 7. The van der Waals surface area contributed by atoms with Gasteiger partial charge in [-0.1, -0.05) is 11.6 Å². The Kier molecular flexibility index (Phi) is 6.97. The third kappa shape index (κ3) is 5.49. The molecule has 0 bridgehead atoms. The van der Waals surface area contributed by atoms with Crippen molar-refractivity contribution in [1.29, 1.82) is 0 Å². The van der Waals surface area contributed by atoms with Gasteiger partial charge in [0, 0.05) is 37.3 Å². The van der Waals surface area contributed by atoms with Crippen molar-refractivity contribution < 1.29 is 21.1 Å². The van der Waals surface area contributed by atoms with Gasteiger partial charge in [0.25, 0.3) is 5.56 Å². The molecule has 4 aromatic heterocycles. The van der Waals surface area contributed by atoms with Gasteiger partial charge in [0.15, 0.2) is 5.82 Å². The highest BCUT2D eigenvalue weighted by atomic mass is 35.5. The van der Waals surface area contributed by atoms with E-state index in [1.165, 1.54) is 23.9 Å². The number of likely N-dealkylation sites (N-methyl/N-ethyl adjacent to an activating group) is 1. The van der Waals surface area contributed by atoms with E-state index >= 15 is 0 Å². The van der Waals surface area contributed by atoms with Gasteiger partial charge < -0.3 is 10.1 Å². The number of aromatic nitrogens is 5. The smallest absolute Gasteiger partial charge is 0.277 e. The Labute approximate surface area is 230 Å². The number of carbonyl (C=O) groups is 1. The Morgan fingerprint density at radius 3 is 2.59 bits per heavy atom. The molecule has 39 heavy (non-hydrogen) atoms. The van der Waals surface area contributed by atoms with Crippen LogP contribution in [-0.2, 0) is 16.8 Å². The van der Waals surface area contributed by atoms with Crippen molar-refractivity contribution in [2.45, 2.75) is 39.7 Å². The van der Waals surface area contributed by atoms with Gasteiger partial charge in [0.1, 0.15) is 40.1 Å². The number of halogens is 3. The zero-order valence-corrected chi connectivity index (χ0v) is 22.4. The van der Waals surface area contributed by atoms with E-state index in [4.69, 9.17) is 19.1 Å². The molecule has 0 radical (unpaired) electrons. The molecular formula is C27H25ClF2N6O3. The Morgan fingerprint density at radius 1 is 1.15 bits per heavy atom. The number of carbonyl (C=O) groups excluding carboxylic acids is 1. The molecule has 0 saturated heterocycles. The number of amides is 1. The highest BCUT2D eigenvalue weighted by molar-refractivity contribution is 6.31. The summed E-state index contributed by atoms with van der Waals surface area (Å²) in [6.45, 7) is 3.81. The molecule has 0 saturated carbocycles. The molecular weight excluding hydrogens is 530 g/mol. The van der Waals surface area contributed by atoms with E-state index in [2.05, 4.69) is 25.3 Å². The van der Waals surface area contributed by atoms with Crippen LogP contribution in [0.2, 0.25) is 5.02 Å². The van der Waals surface area contributed by atoms with Crippen molar-refractivity contribution >= 4 is 17.5 Å². The molecule has 4 rings (SSSR count). The van der Waals surface area contributed by atoms with E-state index in [1.807, 2.05) is 0 Å². The fourth-order valence-corrected chi connectivity index (χ4v) is 3.94. The molecule has 4 heterocycles. The second-order valence-corrected chi connectivity index (χ2v) is 9.50.